The smallest absolute Gasteiger partial charge is 0.222 e. The van der Waals surface area contributed by atoms with Crippen LogP contribution in [0.3, 0.4) is 0 Å². The molecule has 1 heterocycles. The highest BCUT2D eigenvalue weighted by Crippen LogP contribution is 2.14. The number of piperazine rings is 1. The molecule has 0 aliphatic carbocycles. The van der Waals surface area contributed by atoms with Gasteiger partial charge >= 0.3 is 0 Å². The van der Waals surface area contributed by atoms with Gasteiger partial charge in [-0.2, -0.15) is 0 Å². The van der Waals surface area contributed by atoms with Crippen molar-refractivity contribution in [2.75, 3.05) is 26.2 Å². The van der Waals surface area contributed by atoms with Gasteiger partial charge in [-0.25, -0.2) is 4.39 Å². The average Bonchev–Trinajstić information content (AvgIpc) is 2.63. The van der Waals surface area contributed by atoms with E-state index in [9.17, 15) is 9.18 Å². The summed E-state index contributed by atoms with van der Waals surface area (Å²) < 4.78 is 13.6. The summed E-state index contributed by atoms with van der Waals surface area (Å²) in [5, 5.41) is 0. The maximum absolute atomic E-state index is 13.6. The van der Waals surface area contributed by atoms with Gasteiger partial charge in [0, 0.05) is 39.1 Å². The first kappa shape index (κ1) is 17.6. The predicted octanol–water partition coefficient (Wildman–Crippen LogP) is 3.41. The summed E-state index contributed by atoms with van der Waals surface area (Å²) in [6.45, 7) is 6.35. The Kier molecular flexibility index (Phi) is 5.82. The lowest BCUT2D eigenvalue weighted by molar-refractivity contribution is -0.133. The first-order valence-corrected chi connectivity index (χ1v) is 8.91. The summed E-state index contributed by atoms with van der Waals surface area (Å²) in [7, 11) is 0. The molecule has 0 spiro atoms. The van der Waals surface area contributed by atoms with Crippen molar-refractivity contribution in [3.05, 3.63) is 71.0 Å². The van der Waals surface area contributed by atoms with Gasteiger partial charge in [-0.05, 0) is 36.1 Å². The topological polar surface area (TPSA) is 23.6 Å². The highest BCUT2D eigenvalue weighted by Gasteiger charge is 2.21. The molecule has 0 unspecified atom stereocenters. The van der Waals surface area contributed by atoms with Crippen molar-refractivity contribution in [2.45, 2.75) is 26.3 Å². The minimum atomic E-state index is -0.224. The summed E-state index contributed by atoms with van der Waals surface area (Å²) in [6.07, 6.45) is 0.841. The molecule has 0 radical (unpaired) electrons. The molecule has 1 aliphatic rings. The van der Waals surface area contributed by atoms with Gasteiger partial charge in [-0.15, -0.1) is 0 Å². The van der Waals surface area contributed by atoms with Crippen molar-refractivity contribution in [3.8, 4) is 0 Å². The number of benzene rings is 2. The maximum atomic E-state index is 13.6. The van der Waals surface area contributed by atoms with Gasteiger partial charge in [0.25, 0.3) is 0 Å². The quantitative estimate of drug-likeness (QED) is 0.833. The second kappa shape index (κ2) is 8.26. The molecule has 0 bridgehead atoms. The van der Waals surface area contributed by atoms with E-state index in [2.05, 4.69) is 36.1 Å². The van der Waals surface area contributed by atoms with Gasteiger partial charge in [0.1, 0.15) is 5.82 Å². The monoisotopic (exact) mass is 340 g/mol. The second-order valence-corrected chi connectivity index (χ2v) is 6.67. The number of hydrogen-bond acceptors (Lipinski definition) is 2. The van der Waals surface area contributed by atoms with Gasteiger partial charge in [0.05, 0.1) is 0 Å². The Balaban J connectivity index is 1.46. The van der Waals surface area contributed by atoms with E-state index >= 15 is 0 Å². The zero-order valence-corrected chi connectivity index (χ0v) is 14.7. The van der Waals surface area contributed by atoms with Gasteiger partial charge in [0.2, 0.25) is 5.91 Å². The molecular formula is C21H25FN2O. The number of rotatable bonds is 5. The first-order chi connectivity index (χ1) is 12.1. The molecule has 132 valence electrons. The van der Waals surface area contributed by atoms with Crippen molar-refractivity contribution in [3.63, 3.8) is 0 Å². The van der Waals surface area contributed by atoms with E-state index in [0.717, 1.165) is 32.7 Å². The van der Waals surface area contributed by atoms with Crippen molar-refractivity contribution >= 4 is 5.91 Å². The standard InChI is InChI=1S/C21H25FN2O/c1-17-6-2-3-8-19(17)16-23-12-14-24(15-13-23)21(25)11-10-18-7-4-5-9-20(18)22/h2-9H,10-16H2,1H3. The van der Waals surface area contributed by atoms with Crippen LogP contribution in [0.1, 0.15) is 23.1 Å². The van der Waals surface area contributed by atoms with Gasteiger partial charge < -0.3 is 4.90 Å². The Morgan fingerprint density at radius 3 is 2.28 bits per heavy atom. The van der Waals surface area contributed by atoms with Crippen molar-refractivity contribution in [1.82, 2.24) is 9.80 Å². The van der Waals surface area contributed by atoms with Crippen molar-refractivity contribution in [2.24, 2.45) is 0 Å². The molecule has 3 rings (SSSR count). The van der Waals surface area contributed by atoms with E-state index in [1.165, 1.54) is 17.2 Å². The fraction of sp³-hybridized carbons (Fsp3) is 0.381. The average molecular weight is 340 g/mol. The zero-order valence-electron chi connectivity index (χ0n) is 14.7. The number of amides is 1. The van der Waals surface area contributed by atoms with E-state index in [1.807, 2.05) is 11.0 Å². The maximum Gasteiger partial charge on any atom is 0.222 e. The SMILES string of the molecule is Cc1ccccc1CN1CCN(C(=O)CCc2ccccc2F)CC1. The van der Waals surface area contributed by atoms with Gasteiger partial charge in [0.15, 0.2) is 0 Å². The normalized spacial score (nSPS) is 15.4. The first-order valence-electron chi connectivity index (χ1n) is 8.91. The molecule has 0 aromatic heterocycles. The number of carbonyl (C=O) groups is 1. The summed E-state index contributed by atoms with van der Waals surface area (Å²) in [6, 6.07) is 15.1. The highest BCUT2D eigenvalue weighted by atomic mass is 19.1. The Morgan fingerprint density at radius 1 is 0.960 bits per heavy atom. The van der Waals surface area contributed by atoms with Crippen molar-refractivity contribution < 1.29 is 9.18 Å². The summed E-state index contributed by atoms with van der Waals surface area (Å²) in [5.41, 5.74) is 3.28. The van der Waals surface area contributed by atoms with E-state index in [0.29, 0.717) is 18.4 Å². The van der Waals surface area contributed by atoms with Crippen molar-refractivity contribution in [1.29, 1.82) is 0 Å². The second-order valence-electron chi connectivity index (χ2n) is 6.67. The molecular weight excluding hydrogens is 315 g/mol. The predicted molar refractivity (Wildman–Crippen MR) is 97.8 cm³/mol. The van der Waals surface area contributed by atoms with Crippen LogP contribution in [0.2, 0.25) is 0 Å². The third-order valence-corrected chi connectivity index (χ3v) is 4.95. The number of nitrogens with zero attached hydrogens (tertiary/aromatic N) is 2. The van der Waals surface area contributed by atoms with Crippen LogP contribution in [0.5, 0.6) is 0 Å². The van der Waals surface area contributed by atoms with Gasteiger partial charge in [-0.3, -0.25) is 9.69 Å². The molecule has 0 atom stereocenters. The third kappa shape index (κ3) is 4.67. The van der Waals surface area contributed by atoms with E-state index in [4.69, 9.17) is 0 Å². The molecule has 1 aliphatic heterocycles. The largest absolute Gasteiger partial charge is 0.340 e. The van der Waals surface area contributed by atoms with E-state index in [-0.39, 0.29) is 11.7 Å². The fourth-order valence-corrected chi connectivity index (χ4v) is 3.28. The van der Waals surface area contributed by atoms with Crippen LogP contribution in [0.4, 0.5) is 4.39 Å². The van der Waals surface area contributed by atoms with Crippen LogP contribution < -0.4 is 0 Å². The van der Waals surface area contributed by atoms with Crippen LogP contribution in [0.15, 0.2) is 48.5 Å². The summed E-state index contributed by atoms with van der Waals surface area (Å²) in [4.78, 5) is 16.7. The molecule has 0 N–H and O–H groups in total. The molecule has 2 aromatic rings. The number of carbonyl (C=O) groups excluding carboxylic acids is 1. The molecule has 1 amide bonds. The van der Waals surface area contributed by atoms with Crippen LogP contribution in [0, 0.1) is 12.7 Å². The highest BCUT2D eigenvalue weighted by molar-refractivity contribution is 5.76. The molecule has 2 aromatic carbocycles. The Hall–Kier alpha value is -2.20. The molecule has 1 saturated heterocycles. The Morgan fingerprint density at radius 2 is 1.60 bits per heavy atom. The fourth-order valence-electron chi connectivity index (χ4n) is 3.28. The summed E-state index contributed by atoms with van der Waals surface area (Å²) in [5.74, 6) is -0.0999. The zero-order chi connectivity index (χ0) is 17.6. The van der Waals surface area contributed by atoms with Crippen LogP contribution >= 0.6 is 0 Å². The lowest BCUT2D eigenvalue weighted by atomic mass is 10.1. The van der Waals surface area contributed by atoms with Crippen LogP contribution in [0.25, 0.3) is 0 Å². The number of hydrogen-bond donors (Lipinski definition) is 0. The Bertz CT molecular complexity index is 723. The van der Waals surface area contributed by atoms with E-state index in [1.54, 1.807) is 12.1 Å². The van der Waals surface area contributed by atoms with E-state index < -0.39 is 0 Å². The Labute approximate surface area is 149 Å². The summed E-state index contributed by atoms with van der Waals surface area (Å²) >= 11 is 0. The lowest BCUT2D eigenvalue weighted by Gasteiger charge is -2.35. The molecule has 3 nitrogen and oxygen atoms in total. The molecule has 1 fully saturated rings. The third-order valence-electron chi connectivity index (χ3n) is 4.95. The lowest BCUT2D eigenvalue weighted by Crippen LogP contribution is -2.48. The van der Waals surface area contributed by atoms with Gasteiger partial charge in [-0.1, -0.05) is 42.5 Å². The molecule has 0 saturated carbocycles. The molecule has 25 heavy (non-hydrogen) atoms. The number of aryl methyl sites for hydroxylation is 2. The minimum Gasteiger partial charge on any atom is -0.340 e. The number of halogens is 1. The van der Waals surface area contributed by atoms with Crippen LogP contribution in [-0.2, 0) is 17.8 Å². The minimum absolute atomic E-state index is 0.124. The van der Waals surface area contributed by atoms with Crippen LogP contribution in [-0.4, -0.2) is 41.9 Å². The molecule has 4 heteroatoms.